The van der Waals surface area contributed by atoms with E-state index < -0.39 is 5.97 Å². The second-order valence-electron chi connectivity index (χ2n) is 3.03. The van der Waals surface area contributed by atoms with Gasteiger partial charge in [0.1, 0.15) is 0 Å². The Kier molecular flexibility index (Phi) is 3.88. The Hall–Kier alpha value is -1.10. The van der Waals surface area contributed by atoms with E-state index in [1.165, 1.54) is 0 Å². The van der Waals surface area contributed by atoms with Gasteiger partial charge in [0.15, 0.2) is 5.13 Å². The lowest BCUT2D eigenvalue weighted by Gasteiger charge is -2.11. The Balaban J connectivity index is 2.54. The molecule has 1 heterocycles. The third-order valence-corrected chi connectivity index (χ3v) is 2.94. The Labute approximate surface area is 87.2 Å². The van der Waals surface area contributed by atoms with Crippen LogP contribution in [0.3, 0.4) is 0 Å². The molecule has 1 rings (SSSR count). The van der Waals surface area contributed by atoms with Gasteiger partial charge in [0.2, 0.25) is 0 Å². The summed E-state index contributed by atoms with van der Waals surface area (Å²) in [6.07, 6.45) is 0.669. The van der Waals surface area contributed by atoms with Crippen LogP contribution >= 0.6 is 11.3 Å². The molecule has 0 spiro atoms. The normalized spacial score (nSPS) is 10.1. The maximum Gasteiger partial charge on any atom is 0.303 e. The minimum absolute atomic E-state index is 0.152. The molecule has 0 aliphatic carbocycles. The van der Waals surface area contributed by atoms with Crippen molar-refractivity contribution >= 4 is 22.4 Å². The number of hydrogen-bond donors (Lipinski definition) is 1. The summed E-state index contributed by atoms with van der Waals surface area (Å²) in [5, 5.41) is 11.4. The molecule has 1 aromatic heterocycles. The SMILES string of the molecule is CCN(C)c1nc(CCC(=O)O)cs1. The smallest absolute Gasteiger partial charge is 0.303 e. The van der Waals surface area contributed by atoms with E-state index >= 15 is 0 Å². The highest BCUT2D eigenvalue weighted by Crippen LogP contribution is 2.19. The number of nitrogens with zero attached hydrogens (tertiary/aromatic N) is 2. The number of carboxylic acids is 1. The van der Waals surface area contributed by atoms with Crippen molar-refractivity contribution in [2.75, 3.05) is 18.5 Å². The zero-order valence-corrected chi connectivity index (χ0v) is 9.17. The maximum absolute atomic E-state index is 10.3. The van der Waals surface area contributed by atoms with Crippen LogP contribution in [0.15, 0.2) is 5.38 Å². The number of thiazole rings is 1. The number of rotatable bonds is 5. The van der Waals surface area contributed by atoms with Gasteiger partial charge in [-0.2, -0.15) is 0 Å². The summed E-state index contributed by atoms with van der Waals surface area (Å²) in [4.78, 5) is 16.7. The van der Waals surface area contributed by atoms with E-state index in [4.69, 9.17) is 5.11 Å². The van der Waals surface area contributed by atoms with Crippen molar-refractivity contribution in [2.24, 2.45) is 0 Å². The molecule has 5 heteroatoms. The van der Waals surface area contributed by atoms with Gasteiger partial charge in [0, 0.05) is 25.4 Å². The first-order valence-corrected chi connectivity index (χ1v) is 5.38. The van der Waals surface area contributed by atoms with Gasteiger partial charge in [0.25, 0.3) is 0 Å². The topological polar surface area (TPSA) is 53.4 Å². The molecule has 0 bridgehead atoms. The van der Waals surface area contributed by atoms with Crippen molar-refractivity contribution in [1.82, 2.24) is 4.98 Å². The first-order valence-electron chi connectivity index (χ1n) is 4.50. The zero-order valence-electron chi connectivity index (χ0n) is 8.36. The standard InChI is InChI=1S/C9H14N2O2S/c1-3-11(2)9-10-7(6-14-9)4-5-8(12)13/h6H,3-5H2,1-2H3,(H,12,13). The summed E-state index contributed by atoms with van der Waals surface area (Å²) in [7, 11) is 1.97. The van der Waals surface area contributed by atoms with E-state index in [9.17, 15) is 4.79 Å². The molecule has 0 amide bonds. The van der Waals surface area contributed by atoms with E-state index in [1.54, 1.807) is 11.3 Å². The molecule has 0 aliphatic rings. The third-order valence-electron chi connectivity index (χ3n) is 1.94. The average molecular weight is 214 g/mol. The van der Waals surface area contributed by atoms with Gasteiger partial charge in [-0.1, -0.05) is 0 Å². The third kappa shape index (κ3) is 2.99. The molecule has 0 radical (unpaired) electrons. The van der Waals surface area contributed by atoms with E-state index in [0.29, 0.717) is 6.42 Å². The Morgan fingerprint density at radius 1 is 1.71 bits per heavy atom. The minimum atomic E-state index is -0.775. The number of hydrogen-bond acceptors (Lipinski definition) is 4. The molecule has 78 valence electrons. The summed E-state index contributed by atoms with van der Waals surface area (Å²) in [5.41, 5.74) is 0.868. The molecule has 0 aromatic carbocycles. The van der Waals surface area contributed by atoms with Crippen molar-refractivity contribution < 1.29 is 9.90 Å². The van der Waals surface area contributed by atoms with Crippen molar-refractivity contribution in [2.45, 2.75) is 19.8 Å². The number of carboxylic acid groups (broad SMARTS) is 1. The molecule has 0 unspecified atom stereocenters. The molecule has 1 N–H and O–H groups in total. The lowest BCUT2D eigenvalue weighted by atomic mass is 10.2. The van der Waals surface area contributed by atoms with Gasteiger partial charge in [-0.15, -0.1) is 11.3 Å². The predicted octanol–water partition coefficient (Wildman–Crippen LogP) is 1.62. The monoisotopic (exact) mass is 214 g/mol. The Bertz CT molecular complexity index is 312. The lowest BCUT2D eigenvalue weighted by molar-refractivity contribution is -0.136. The van der Waals surface area contributed by atoms with Gasteiger partial charge in [-0.05, 0) is 6.92 Å². The fourth-order valence-corrected chi connectivity index (χ4v) is 1.85. The van der Waals surface area contributed by atoms with Crippen LogP contribution in [-0.2, 0) is 11.2 Å². The second-order valence-corrected chi connectivity index (χ2v) is 3.87. The largest absolute Gasteiger partial charge is 0.481 e. The molecular weight excluding hydrogens is 200 g/mol. The number of aromatic nitrogens is 1. The first kappa shape index (κ1) is 11.0. The van der Waals surface area contributed by atoms with Gasteiger partial charge in [-0.3, -0.25) is 4.79 Å². The summed E-state index contributed by atoms with van der Waals surface area (Å²) in [6.45, 7) is 2.96. The van der Waals surface area contributed by atoms with Crippen LogP contribution in [0.2, 0.25) is 0 Å². The van der Waals surface area contributed by atoms with E-state index in [-0.39, 0.29) is 6.42 Å². The minimum Gasteiger partial charge on any atom is -0.481 e. The number of aryl methyl sites for hydroxylation is 1. The van der Waals surface area contributed by atoms with Crippen molar-refractivity contribution in [3.63, 3.8) is 0 Å². The lowest BCUT2D eigenvalue weighted by Crippen LogP contribution is -2.15. The number of aliphatic carboxylic acids is 1. The Morgan fingerprint density at radius 2 is 2.43 bits per heavy atom. The predicted molar refractivity (Wildman–Crippen MR) is 57.0 cm³/mol. The van der Waals surface area contributed by atoms with Crippen LogP contribution in [0.5, 0.6) is 0 Å². The maximum atomic E-state index is 10.3. The summed E-state index contributed by atoms with van der Waals surface area (Å²) in [6, 6.07) is 0. The van der Waals surface area contributed by atoms with Crippen molar-refractivity contribution in [3.8, 4) is 0 Å². The molecule has 14 heavy (non-hydrogen) atoms. The quantitative estimate of drug-likeness (QED) is 0.809. The van der Waals surface area contributed by atoms with Crippen molar-refractivity contribution in [3.05, 3.63) is 11.1 Å². The van der Waals surface area contributed by atoms with Crippen LogP contribution < -0.4 is 4.90 Å². The first-order chi connectivity index (χ1) is 6.63. The molecule has 0 aliphatic heterocycles. The molecule has 0 saturated carbocycles. The summed E-state index contributed by atoms with van der Waals surface area (Å²) in [5.74, 6) is -0.775. The van der Waals surface area contributed by atoms with Crippen molar-refractivity contribution in [1.29, 1.82) is 0 Å². The van der Waals surface area contributed by atoms with Crippen LogP contribution in [0.25, 0.3) is 0 Å². The fourth-order valence-electron chi connectivity index (χ4n) is 0.957. The number of carbonyl (C=O) groups is 1. The zero-order chi connectivity index (χ0) is 10.6. The van der Waals surface area contributed by atoms with Crippen LogP contribution in [0, 0.1) is 0 Å². The molecule has 1 aromatic rings. The van der Waals surface area contributed by atoms with E-state index in [1.807, 2.05) is 17.3 Å². The van der Waals surface area contributed by atoms with Gasteiger partial charge in [0.05, 0.1) is 12.1 Å². The van der Waals surface area contributed by atoms with Gasteiger partial charge < -0.3 is 10.0 Å². The Morgan fingerprint density at radius 3 is 3.00 bits per heavy atom. The molecule has 4 nitrogen and oxygen atoms in total. The van der Waals surface area contributed by atoms with E-state index in [2.05, 4.69) is 11.9 Å². The van der Waals surface area contributed by atoms with Gasteiger partial charge >= 0.3 is 5.97 Å². The summed E-state index contributed by atoms with van der Waals surface area (Å²) < 4.78 is 0. The molecule has 0 atom stereocenters. The highest BCUT2D eigenvalue weighted by molar-refractivity contribution is 7.13. The molecular formula is C9H14N2O2S. The summed E-state index contributed by atoms with van der Waals surface area (Å²) >= 11 is 1.56. The van der Waals surface area contributed by atoms with Crippen LogP contribution in [0.1, 0.15) is 19.0 Å². The average Bonchev–Trinajstić information content (AvgIpc) is 2.62. The number of anilines is 1. The fraction of sp³-hybridized carbons (Fsp3) is 0.556. The second kappa shape index (κ2) is 4.95. The van der Waals surface area contributed by atoms with E-state index in [0.717, 1.165) is 17.4 Å². The highest BCUT2D eigenvalue weighted by Gasteiger charge is 2.06. The van der Waals surface area contributed by atoms with Gasteiger partial charge in [-0.25, -0.2) is 4.98 Å². The van der Waals surface area contributed by atoms with Crippen LogP contribution in [-0.4, -0.2) is 29.7 Å². The molecule has 0 fully saturated rings. The highest BCUT2D eigenvalue weighted by atomic mass is 32.1. The van der Waals surface area contributed by atoms with Crippen LogP contribution in [0.4, 0.5) is 5.13 Å². The molecule has 0 saturated heterocycles.